The number of hydrogen-bond donors (Lipinski definition) is 3. The van der Waals surface area contributed by atoms with Crippen molar-refractivity contribution in [2.75, 3.05) is 19.6 Å². The molecule has 6 heteroatoms. The van der Waals surface area contributed by atoms with Crippen LogP contribution in [0.3, 0.4) is 0 Å². The van der Waals surface area contributed by atoms with Crippen molar-refractivity contribution < 1.29 is 14.7 Å². The van der Waals surface area contributed by atoms with Gasteiger partial charge in [-0.05, 0) is 52.1 Å². The second-order valence-corrected chi connectivity index (χ2v) is 5.99. The Morgan fingerprint density at radius 2 is 2.00 bits per heavy atom. The number of urea groups is 1. The van der Waals surface area contributed by atoms with Gasteiger partial charge < -0.3 is 15.7 Å². The van der Waals surface area contributed by atoms with Gasteiger partial charge in [0.05, 0.1) is 5.92 Å². The minimum atomic E-state index is -0.752. The molecule has 0 spiro atoms. The highest BCUT2D eigenvalue weighted by Gasteiger charge is 2.30. The third-order valence-electron chi connectivity index (χ3n) is 4.44. The maximum absolute atomic E-state index is 11.8. The Balaban J connectivity index is 1.64. The fourth-order valence-corrected chi connectivity index (χ4v) is 3.13. The Morgan fingerprint density at radius 3 is 2.60 bits per heavy atom. The minimum absolute atomic E-state index is 0.00167. The zero-order chi connectivity index (χ0) is 14.5. The smallest absolute Gasteiger partial charge is 0.315 e. The van der Waals surface area contributed by atoms with Crippen LogP contribution >= 0.6 is 0 Å². The minimum Gasteiger partial charge on any atom is -0.481 e. The Kier molecular flexibility index (Phi) is 5.23. The average molecular weight is 283 g/mol. The highest BCUT2D eigenvalue weighted by atomic mass is 16.4. The van der Waals surface area contributed by atoms with E-state index in [1.807, 2.05) is 0 Å². The maximum atomic E-state index is 11.8. The molecule has 0 bridgehead atoms. The number of hydrogen-bond acceptors (Lipinski definition) is 3. The number of aliphatic carboxylic acids is 1. The molecule has 1 saturated heterocycles. The van der Waals surface area contributed by atoms with Gasteiger partial charge in [-0.1, -0.05) is 0 Å². The summed E-state index contributed by atoms with van der Waals surface area (Å²) in [5.41, 5.74) is 0. The monoisotopic (exact) mass is 283 g/mol. The lowest BCUT2D eigenvalue weighted by molar-refractivity contribution is -0.141. The molecule has 2 rings (SSSR count). The summed E-state index contributed by atoms with van der Waals surface area (Å²) in [5.74, 6) is -1.05. The number of carboxylic acid groups (broad SMARTS) is 1. The van der Waals surface area contributed by atoms with Crippen LogP contribution in [0.15, 0.2) is 0 Å². The molecule has 114 valence electrons. The van der Waals surface area contributed by atoms with E-state index in [1.165, 1.54) is 12.8 Å². The van der Waals surface area contributed by atoms with Crippen LogP contribution < -0.4 is 10.6 Å². The third kappa shape index (κ3) is 4.10. The third-order valence-corrected chi connectivity index (χ3v) is 4.44. The number of amides is 2. The second-order valence-electron chi connectivity index (χ2n) is 5.99. The summed E-state index contributed by atoms with van der Waals surface area (Å²) >= 11 is 0. The van der Waals surface area contributed by atoms with Crippen LogP contribution in [0, 0.1) is 5.92 Å². The number of nitrogens with one attached hydrogen (secondary N) is 2. The first-order valence-electron chi connectivity index (χ1n) is 7.57. The maximum Gasteiger partial charge on any atom is 0.315 e. The van der Waals surface area contributed by atoms with E-state index in [1.54, 1.807) is 0 Å². The summed E-state index contributed by atoms with van der Waals surface area (Å²) in [7, 11) is 0. The first-order valence-corrected chi connectivity index (χ1v) is 7.57. The molecule has 20 heavy (non-hydrogen) atoms. The van der Waals surface area contributed by atoms with Crippen molar-refractivity contribution in [1.82, 2.24) is 15.5 Å². The zero-order valence-electron chi connectivity index (χ0n) is 12.1. The highest BCUT2D eigenvalue weighted by Crippen LogP contribution is 2.25. The van der Waals surface area contributed by atoms with Gasteiger partial charge in [0.25, 0.3) is 0 Å². The molecule has 0 aromatic carbocycles. The van der Waals surface area contributed by atoms with E-state index in [9.17, 15) is 9.59 Å². The lowest BCUT2D eigenvalue weighted by Crippen LogP contribution is -2.46. The summed E-state index contributed by atoms with van der Waals surface area (Å²) in [5, 5.41) is 14.7. The Morgan fingerprint density at radius 1 is 1.30 bits per heavy atom. The first kappa shape index (κ1) is 15.1. The van der Waals surface area contributed by atoms with Gasteiger partial charge in [0.1, 0.15) is 0 Å². The molecule has 1 unspecified atom stereocenters. The van der Waals surface area contributed by atoms with Crippen molar-refractivity contribution >= 4 is 12.0 Å². The number of rotatable bonds is 5. The van der Waals surface area contributed by atoms with E-state index in [4.69, 9.17) is 5.11 Å². The van der Waals surface area contributed by atoms with Crippen LogP contribution in [0.5, 0.6) is 0 Å². The molecule has 2 fully saturated rings. The van der Waals surface area contributed by atoms with Gasteiger partial charge in [0, 0.05) is 18.6 Å². The number of likely N-dealkylation sites (tertiary alicyclic amines) is 1. The van der Waals surface area contributed by atoms with Crippen molar-refractivity contribution in [2.24, 2.45) is 5.92 Å². The van der Waals surface area contributed by atoms with Gasteiger partial charge in [-0.3, -0.25) is 9.69 Å². The van der Waals surface area contributed by atoms with Gasteiger partial charge in [-0.25, -0.2) is 4.79 Å². The summed E-state index contributed by atoms with van der Waals surface area (Å²) in [6.07, 6.45) is 4.45. The van der Waals surface area contributed by atoms with Gasteiger partial charge in [-0.15, -0.1) is 0 Å². The Hall–Kier alpha value is -1.30. The molecule has 1 saturated carbocycles. The number of nitrogens with zero attached hydrogens (tertiary/aromatic N) is 1. The molecule has 1 heterocycles. The van der Waals surface area contributed by atoms with Crippen LogP contribution in [-0.2, 0) is 4.79 Å². The predicted octanol–water partition coefficient (Wildman–Crippen LogP) is 1.02. The van der Waals surface area contributed by atoms with Crippen molar-refractivity contribution in [3.05, 3.63) is 0 Å². The zero-order valence-corrected chi connectivity index (χ0v) is 12.1. The summed E-state index contributed by atoms with van der Waals surface area (Å²) in [6, 6.07) is 0.184. The van der Waals surface area contributed by atoms with Crippen molar-refractivity contribution in [2.45, 2.75) is 51.1 Å². The second kappa shape index (κ2) is 6.92. The highest BCUT2D eigenvalue weighted by molar-refractivity contribution is 5.75. The van der Waals surface area contributed by atoms with E-state index in [0.29, 0.717) is 25.4 Å². The number of carbonyl (C=O) groups excluding carboxylic acids is 1. The lowest BCUT2D eigenvalue weighted by atomic mass is 10.1. The first-order chi connectivity index (χ1) is 9.56. The van der Waals surface area contributed by atoms with E-state index < -0.39 is 5.97 Å². The molecular weight excluding hydrogens is 258 g/mol. The lowest BCUT2D eigenvalue weighted by Gasteiger charge is -2.24. The fourth-order valence-electron chi connectivity index (χ4n) is 3.13. The van der Waals surface area contributed by atoms with Gasteiger partial charge in [0.15, 0.2) is 0 Å². The molecule has 3 atom stereocenters. The summed E-state index contributed by atoms with van der Waals surface area (Å²) in [6.45, 7) is 5.00. The molecular formula is C14H25N3O3. The van der Waals surface area contributed by atoms with E-state index >= 15 is 0 Å². The molecule has 6 nitrogen and oxygen atoms in total. The standard InChI is InChI=1S/C14H25N3O3/c1-10(17-6-2-3-7-17)9-15-14(20)16-12-5-4-11(8-12)13(18)19/h10-12H,2-9H2,1H3,(H,18,19)(H2,15,16,20)/t10?,11-,12+/m1/s1. The van der Waals surface area contributed by atoms with E-state index in [0.717, 1.165) is 19.5 Å². The summed E-state index contributed by atoms with van der Waals surface area (Å²) in [4.78, 5) is 25.1. The molecule has 3 N–H and O–H groups in total. The van der Waals surface area contributed by atoms with Gasteiger partial charge in [-0.2, -0.15) is 0 Å². The normalized spacial score (nSPS) is 28.2. The van der Waals surface area contributed by atoms with E-state index in [-0.39, 0.29) is 18.0 Å². The molecule has 0 aromatic heterocycles. The van der Waals surface area contributed by atoms with Crippen LogP contribution in [0.2, 0.25) is 0 Å². The number of carboxylic acids is 1. The van der Waals surface area contributed by atoms with Crippen molar-refractivity contribution in [3.8, 4) is 0 Å². The van der Waals surface area contributed by atoms with Crippen molar-refractivity contribution in [1.29, 1.82) is 0 Å². The van der Waals surface area contributed by atoms with Crippen LogP contribution in [0.25, 0.3) is 0 Å². The van der Waals surface area contributed by atoms with Crippen LogP contribution in [0.1, 0.15) is 39.0 Å². The molecule has 1 aliphatic carbocycles. The predicted molar refractivity (Wildman–Crippen MR) is 75.6 cm³/mol. The molecule has 0 aromatic rings. The molecule has 2 amide bonds. The molecule has 2 aliphatic rings. The van der Waals surface area contributed by atoms with Crippen LogP contribution in [-0.4, -0.2) is 53.7 Å². The van der Waals surface area contributed by atoms with Gasteiger partial charge >= 0.3 is 12.0 Å². The number of carbonyl (C=O) groups is 2. The Labute approximate surface area is 119 Å². The van der Waals surface area contributed by atoms with Crippen molar-refractivity contribution in [3.63, 3.8) is 0 Å². The van der Waals surface area contributed by atoms with Crippen LogP contribution in [0.4, 0.5) is 4.79 Å². The van der Waals surface area contributed by atoms with Gasteiger partial charge in [0.2, 0.25) is 0 Å². The molecule has 0 radical (unpaired) electrons. The topological polar surface area (TPSA) is 81.7 Å². The van der Waals surface area contributed by atoms with E-state index in [2.05, 4.69) is 22.5 Å². The average Bonchev–Trinajstić information content (AvgIpc) is 3.06. The SMILES string of the molecule is CC(CNC(=O)N[C@H]1CC[C@@H](C(=O)O)C1)N1CCCC1. The fraction of sp³-hybridized carbons (Fsp3) is 0.857. The molecule has 1 aliphatic heterocycles. The largest absolute Gasteiger partial charge is 0.481 e. The summed E-state index contributed by atoms with van der Waals surface area (Å²) < 4.78 is 0. The quantitative estimate of drug-likeness (QED) is 0.703. The Bertz CT molecular complexity index is 356.